The summed E-state index contributed by atoms with van der Waals surface area (Å²) in [4.78, 5) is 16.8. The summed E-state index contributed by atoms with van der Waals surface area (Å²) in [6, 6.07) is 6.13. The number of thioether (sulfide) groups is 1. The second-order valence-electron chi connectivity index (χ2n) is 5.73. The van der Waals surface area contributed by atoms with Gasteiger partial charge in [-0.15, -0.1) is 0 Å². The van der Waals surface area contributed by atoms with Gasteiger partial charge in [0.15, 0.2) is 5.78 Å². The zero-order valence-corrected chi connectivity index (χ0v) is 16.8. The smallest absolute Gasteiger partial charge is 0.243 e. The van der Waals surface area contributed by atoms with Crippen LogP contribution in [-0.2, 0) is 10.0 Å². The third-order valence-corrected chi connectivity index (χ3v) is 7.39. The molecule has 1 saturated heterocycles. The molecule has 2 aromatic rings. The largest absolute Gasteiger partial charge is 0.353 e. The molecule has 0 bridgehead atoms. The predicted molar refractivity (Wildman–Crippen MR) is 104 cm³/mol. The molecule has 0 amide bonds. The average Bonchev–Trinajstić information content (AvgIpc) is 3.32. The zero-order valence-electron chi connectivity index (χ0n) is 14.3. The molecule has 0 unspecified atom stereocenters. The fourth-order valence-corrected chi connectivity index (χ4v) is 5.40. The molecule has 7 nitrogen and oxygen atoms in total. The van der Waals surface area contributed by atoms with Gasteiger partial charge in [-0.3, -0.25) is 4.79 Å². The van der Waals surface area contributed by atoms with Crippen LogP contribution in [0.3, 0.4) is 0 Å². The highest BCUT2D eigenvalue weighted by molar-refractivity contribution is 7.99. The van der Waals surface area contributed by atoms with Crippen molar-refractivity contribution in [3.8, 4) is 0 Å². The number of sulfonamides is 1. The maximum absolute atomic E-state index is 12.5. The molecule has 1 fully saturated rings. The van der Waals surface area contributed by atoms with E-state index in [2.05, 4.69) is 14.7 Å². The Bertz CT molecular complexity index is 859. The molecule has 0 atom stereocenters. The number of nitrogens with zero attached hydrogens (tertiary/aromatic N) is 3. The van der Waals surface area contributed by atoms with E-state index in [0.29, 0.717) is 28.9 Å². The molecular weight excluding hydrogens is 392 g/mol. The van der Waals surface area contributed by atoms with Crippen LogP contribution in [0.25, 0.3) is 0 Å². The van der Waals surface area contributed by atoms with Crippen molar-refractivity contribution in [1.29, 1.82) is 0 Å². The fourth-order valence-electron chi connectivity index (χ4n) is 2.62. The summed E-state index contributed by atoms with van der Waals surface area (Å²) in [7, 11) is -3.45. The van der Waals surface area contributed by atoms with Crippen LogP contribution in [0.1, 0.15) is 30.1 Å². The SMILES string of the molecule is CCSc1nsc(NCC(=O)c2ccc(S(=O)(=O)N3CCCC3)cc2)n1. The summed E-state index contributed by atoms with van der Waals surface area (Å²) in [6.45, 7) is 3.24. The van der Waals surface area contributed by atoms with Crippen molar-refractivity contribution >= 4 is 44.2 Å². The number of aromatic nitrogens is 2. The number of hydrogen-bond acceptors (Lipinski definition) is 8. The van der Waals surface area contributed by atoms with Gasteiger partial charge in [-0.2, -0.15) is 13.7 Å². The van der Waals surface area contributed by atoms with Gasteiger partial charge in [-0.1, -0.05) is 18.7 Å². The van der Waals surface area contributed by atoms with Gasteiger partial charge < -0.3 is 5.32 Å². The summed E-state index contributed by atoms with van der Waals surface area (Å²) < 4.78 is 30.7. The third-order valence-electron chi connectivity index (χ3n) is 3.96. The Hall–Kier alpha value is -1.49. The summed E-state index contributed by atoms with van der Waals surface area (Å²) >= 11 is 2.76. The minimum absolute atomic E-state index is 0.0870. The monoisotopic (exact) mass is 412 g/mol. The first-order valence-corrected chi connectivity index (χ1v) is 11.5. The predicted octanol–water partition coefficient (Wildman–Crippen LogP) is 2.73. The molecule has 1 aromatic heterocycles. The number of benzene rings is 1. The number of rotatable bonds is 8. The molecule has 140 valence electrons. The van der Waals surface area contributed by atoms with Crippen molar-refractivity contribution < 1.29 is 13.2 Å². The van der Waals surface area contributed by atoms with Crippen LogP contribution < -0.4 is 5.32 Å². The van der Waals surface area contributed by atoms with Gasteiger partial charge in [0.05, 0.1) is 11.4 Å². The van der Waals surface area contributed by atoms with Crippen molar-refractivity contribution in [2.45, 2.75) is 29.8 Å². The van der Waals surface area contributed by atoms with E-state index in [-0.39, 0.29) is 17.2 Å². The first-order chi connectivity index (χ1) is 12.5. The van der Waals surface area contributed by atoms with Crippen molar-refractivity contribution in [2.24, 2.45) is 0 Å². The second kappa shape index (κ2) is 8.47. The van der Waals surface area contributed by atoms with Crippen LogP contribution in [0, 0.1) is 0 Å². The molecule has 10 heteroatoms. The van der Waals surface area contributed by atoms with Crippen molar-refractivity contribution in [3.63, 3.8) is 0 Å². The molecule has 0 aliphatic carbocycles. The van der Waals surface area contributed by atoms with Gasteiger partial charge in [-0.05, 0) is 42.9 Å². The van der Waals surface area contributed by atoms with Gasteiger partial charge in [0, 0.05) is 30.2 Å². The van der Waals surface area contributed by atoms with Crippen molar-refractivity contribution in [3.05, 3.63) is 29.8 Å². The molecule has 1 aliphatic rings. The number of carbonyl (C=O) groups excluding carboxylic acids is 1. The molecule has 3 rings (SSSR count). The molecule has 1 aliphatic heterocycles. The molecule has 0 spiro atoms. The van der Waals surface area contributed by atoms with Gasteiger partial charge in [-0.25, -0.2) is 8.42 Å². The van der Waals surface area contributed by atoms with Crippen LogP contribution in [0.15, 0.2) is 34.3 Å². The number of Topliss-reactive ketones (excluding diaryl/α,β-unsaturated/α-hetero) is 1. The number of ketones is 1. The van der Waals surface area contributed by atoms with Gasteiger partial charge in [0.2, 0.25) is 20.3 Å². The first kappa shape index (κ1) is 19.3. The molecule has 26 heavy (non-hydrogen) atoms. The van der Waals surface area contributed by atoms with E-state index >= 15 is 0 Å². The summed E-state index contributed by atoms with van der Waals surface area (Å²) in [5.74, 6) is 0.761. The molecule has 1 aromatic carbocycles. The Morgan fingerprint density at radius 2 is 1.96 bits per heavy atom. The maximum Gasteiger partial charge on any atom is 0.243 e. The van der Waals surface area contributed by atoms with E-state index in [4.69, 9.17) is 0 Å². The lowest BCUT2D eigenvalue weighted by atomic mass is 10.1. The Labute approximate surface area is 161 Å². The van der Waals surface area contributed by atoms with Gasteiger partial charge >= 0.3 is 0 Å². The highest BCUT2D eigenvalue weighted by Crippen LogP contribution is 2.22. The quantitative estimate of drug-likeness (QED) is 0.526. The van der Waals surface area contributed by atoms with Crippen LogP contribution in [-0.4, -0.2) is 53.3 Å². The van der Waals surface area contributed by atoms with E-state index in [1.165, 1.54) is 28.0 Å². The Morgan fingerprint density at radius 3 is 2.62 bits per heavy atom. The van der Waals surface area contributed by atoms with Crippen molar-refractivity contribution in [1.82, 2.24) is 13.7 Å². The number of carbonyl (C=O) groups is 1. The Kier molecular flexibility index (Phi) is 6.28. The highest BCUT2D eigenvalue weighted by Gasteiger charge is 2.27. The fraction of sp³-hybridized carbons (Fsp3) is 0.438. The van der Waals surface area contributed by atoms with E-state index in [1.54, 1.807) is 23.9 Å². The Morgan fingerprint density at radius 1 is 1.27 bits per heavy atom. The molecular formula is C16H20N4O3S3. The zero-order chi connectivity index (χ0) is 18.6. The topological polar surface area (TPSA) is 92.3 Å². The van der Waals surface area contributed by atoms with Gasteiger partial charge in [0.25, 0.3) is 0 Å². The second-order valence-corrected chi connectivity index (χ2v) is 9.65. The molecule has 0 saturated carbocycles. The molecule has 2 heterocycles. The number of nitrogens with one attached hydrogen (secondary N) is 1. The lowest BCUT2D eigenvalue weighted by Gasteiger charge is -2.15. The average molecular weight is 413 g/mol. The standard InChI is InChI=1S/C16H20N4O3S3/c1-2-24-16-18-15(25-19-16)17-11-14(21)12-5-7-13(8-6-12)26(22,23)20-9-3-4-10-20/h5-8H,2-4,9-11H2,1H3,(H,17,18,19). The van der Waals surface area contributed by atoms with Crippen LogP contribution >= 0.6 is 23.3 Å². The van der Waals surface area contributed by atoms with E-state index in [0.717, 1.165) is 18.6 Å². The minimum atomic E-state index is -3.45. The van der Waals surface area contributed by atoms with E-state index < -0.39 is 10.0 Å². The normalized spacial score (nSPS) is 15.3. The van der Waals surface area contributed by atoms with Crippen LogP contribution in [0.5, 0.6) is 0 Å². The third kappa shape index (κ3) is 4.43. The minimum Gasteiger partial charge on any atom is -0.353 e. The summed E-state index contributed by atoms with van der Waals surface area (Å²) in [6.07, 6.45) is 1.79. The highest BCUT2D eigenvalue weighted by atomic mass is 32.2. The molecule has 0 radical (unpaired) electrons. The van der Waals surface area contributed by atoms with Crippen LogP contribution in [0.4, 0.5) is 5.13 Å². The van der Waals surface area contributed by atoms with E-state index in [9.17, 15) is 13.2 Å². The van der Waals surface area contributed by atoms with Crippen molar-refractivity contribution in [2.75, 3.05) is 30.7 Å². The lowest BCUT2D eigenvalue weighted by Crippen LogP contribution is -2.27. The lowest BCUT2D eigenvalue weighted by molar-refractivity contribution is 0.101. The van der Waals surface area contributed by atoms with Gasteiger partial charge in [0.1, 0.15) is 0 Å². The summed E-state index contributed by atoms with van der Waals surface area (Å²) in [5.41, 5.74) is 0.463. The number of hydrogen-bond donors (Lipinski definition) is 1. The molecule has 1 N–H and O–H groups in total. The Balaban J connectivity index is 1.61. The van der Waals surface area contributed by atoms with Crippen LogP contribution in [0.2, 0.25) is 0 Å². The summed E-state index contributed by atoms with van der Waals surface area (Å²) in [5, 5.41) is 4.26. The van der Waals surface area contributed by atoms with E-state index in [1.807, 2.05) is 6.92 Å². The maximum atomic E-state index is 12.5. The number of anilines is 1. The first-order valence-electron chi connectivity index (χ1n) is 8.34.